The zero-order chi connectivity index (χ0) is 12.3. The van der Waals surface area contributed by atoms with E-state index in [1.165, 1.54) is 0 Å². The van der Waals surface area contributed by atoms with Gasteiger partial charge < -0.3 is 9.64 Å². The molecule has 0 unspecified atom stereocenters. The summed E-state index contributed by atoms with van der Waals surface area (Å²) < 4.78 is 5.30. The van der Waals surface area contributed by atoms with Gasteiger partial charge in [0.2, 0.25) is 0 Å². The predicted molar refractivity (Wildman–Crippen MR) is 66.6 cm³/mol. The second-order valence-corrected chi connectivity index (χ2v) is 4.05. The van der Waals surface area contributed by atoms with E-state index in [1.807, 2.05) is 11.0 Å². The van der Waals surface area contributed by atoms with Crippen molar-refractivity contribution in [2.45, 2.75) is 19.3 Å². The fourth-order valence-electron chi connectivity index (χ4n) is 2.07. The molecule has 17 heavy (non-hydrogen) atoms. The molecule has 4 heteroatoms. The molecule has 0 atom stereocenters. The molecule has 0 amide bonds. The molecule has 4 nitrogen and oxygen atoms in total. The fourth-order valence-corrected chi connectivity index (χ4v) is 2.07. The summed E-state index contributed by atoms with van der Waals surface area (Å²) in [6.07, 6.45) is 2.97. The SMILES string of the molecule is COc1cc(C#N)ccc1N1CCCCC1=N. The first-order valence-corrected chi connectivity index (χ1v) is 5.69. The van der Waals surface area contributed by atoms with Gasteiger partial charge in [-0.15, -0.1) is 0 Å². The quantitative estimate of drug-likeness (QED) is 0.847. The van der Waals surface area contributed by atoms with Gasteiger partial charge in [-0.3, -0.25) is 5.41 Å². The first kappa shape index (κ1) is 11.5. The van der Waals surface area contributed by atoms with Gasteiger partial charge in [0.1, 0.15) is 11.6 Å². The van der Waals surface area contributed by atoms with Crippen LogP contribution in [0.4, 0.5) is 5.69 Å². The molecular weight excluding hydrogens is 214 g/mol. The summed E-state index contributed by atoms with van der Waals surface area (Å²) in [6, 6.07) is 7.43. The molecule has 2 rings (SSSR count). The van der Waals surface area contributed by atoms with Crippen LogP contribution in [0.1, 0.15) is 24.8 Å². The lowest BCUT2D eigenvalue weighted by atomic mass is 10.1. The third-order valence-corrected chi connectivity index (χ3v) is 2.97. The average molecular weight is 229 g/mol. The van der Waals surface area contributed by atoms with Crippen molar-refractivity contribution in [3.8, 4) is 11.8 Å². The van der Waals surface area contributed by atoms with Crippen molar-refractivity contribution in [3.05, 3.63) is 23.8 Å². The Bertz CT molecular complexity index is 476. The summed E-state index contributed by atoms with van der Waals surface area (Å²) >= 11 is 0. The maximum atomic E-state index is 8.85. The number of amidine groups is 1. The van der Waals surface area contributed by atoms with Gasteiger partial charge in [0, 0.05) is 19.0 Å². The number of hydrogen-bond donors (Lipinski definition) is 1. The van der Waals surface area contributed by atoms with Crippen LogP contribution in [-0.2, 0) is 0 Å². The first-order chi connectivity index (χ1) is 8.26. The number of nitrogens with zero attached hydrogens (tertiary/aromatic N) is 2. The molecule has 0 aromatic heterocycles. The highest BCUT2D eigenvalue weighted by Gasteiger charge is 2.19. The van der Waals surface area contributed by atoms with Crippen LogP contribution < -0.4 is 9.64 Å². The minimum Gasteiger partial charge on any atom is -0.495 e. The summed E-state index contributed by atoms with van der Waals surface area (Å²) in [5, 5.41) is 16.8. The lowest BCUT2D eigenvalue weighted by Crippen LogP contribution is -2.34. The smallest absolute Gasteiger partial charge is 0.143 e. The van der Waals surface area contributed by atoms with E-state index in [2.05, 4.69) is 6.07 Å². The fraction of sp³-hybridized carbons (Fsp3) is 0.385. The molecule has 0 radical (unpaired) electrons. The second kappa shape index (κ2) is 4.88. The maximum Gasteiger partial charge on any atom is 0.143 e. The van der Waals surface area contributed by atoms with Gasteiger partial charge in [-0.05, 0) is 25.0 Å². The van der Waals surface area contributed by atoms with Crippen LogP contribution in [0.25, 0.3) is 0 Å². The van der Waals surface area contributed by atoms with Crippen LogP contribution in [0.3, 0.4) is 0 Å². The molecule has 88 valence electrons. The summed E-state index contributed by atoms with van der Waals surface area (Å²) in [7, 11) is 1.59. The molecule has 1 saturated heterocycles. The Morgan fingerprint density at radius 2 is 2.24 bits per heavy atom. The molecule has 1 heterocycles. The molecule has 0 spiro atoms. The van der Waals surface area contributed by atoms with Crippen molar-refractivity contribution < 1.29 is 4.74 Å². The van der Waals surface area contributed by atoms with E-state index in [4.69, 9.17) is 15.4 Å². The molecule has 0 bridgehead atoms. The molecule has 0 aliphatic carbocycles. The highest BCUT2D eigenvalue weighted by atomic mass is 16.5. The van der Waals surface area contributed by atoms with Crippen molar-refractivity contribution >= 4 is 11.5 Å². The van der Waals surface area contributed by atoms with Crippen LogP contribution >= 0.6 is 0 Å². The Labute approximate surface area is 101 Å². The van der Waals surface area contributed by atoms with E-state index < -0.39 is 0 Å². The largest absolute Gasteiger partial charge is 0.495 e. The second-order valence-electron chi connectivity index (χ2n) is 4.05. The van der Waals surface area contributed by atoms with Gasteiger partial charge in [-0.1, -0.05) is 0 Å². The minimum atomic E-state index is 0.578. The Hall–Kier alpha value is -2.02. The van der Waals surface area contributed by atoms with Crippen molar-refractivity contribution in [2.24, 2.45) is 0 Å². The van der Waals surface area contributed by atoms with Crippen LogP contribution in [-0.4, -0.2) is 19.5 Å². The molecule has 1 aromatic carbocycles. The van der Waals surface area contributed by atoms with Gasteiger partial charge in [0.05, 0.1) is 24.4 Å². The monoisotopic (exact) mass is 229 g/mol. The number of nitrogens with one attached hydrogen (secondary N) is 1. The number of methoxy groups -OCH3 is 1. The summed E-state index contributed by atoms with van der Waals surface area (Å²) in [5.74, 6) is 1.29. The Morgan fingerprint density at radius 1 is 1.41 bits per heavy atom. The number of benzene rings is 1. The van der Waals surface area contributed by atoms with E-state index in [-0.39, 0.29) is 0 Å². The van der Waals surface area contributed by atoms with Crippen LogP contribution in [0, 0.1) is 16.7 Å². The Morgan fingerprint density at radius 3 is 2.88 bits per heavy atom. The van der Waals surface area contributed by atoms with Crippen molar-refractivity contribution in [2.75, 3.05) is 18.6 Å². The number of hydrogen-bond acceptors (Lipinski definition) is 3. The number of ether oxygens (including phenoxy) is 1. The van der Waals surface area contributed by atoms with Crippen molar-refractivity contribution in [3.63, 3.8) is 0 Å². The molecule has 1 aliphatic rings. The van der Waals surface area contributed by atoms with Crippen LogP contribution in [0.2, 0.25) is 0 Å². The van der Waals surface area contributed by atoms with E-state index >= 15 is 0 Å². The number of nitriles is 1. The number of anilines is 1. The average Bonchev–Trinajstić information content (AvgIpc) is 2.38. The zero-order valence-electron chi connectivity index (χ0n) is 9.86. The Kier molecular flexibility index (Phi) is 3.29. The van der Waals surface area contributed by atoms with Gasteiger partial charge in [-0.2, -0.15) is 5.26 Å². The van der Waals surface area contributed by atoms with E-state index in [9.17, 15) is 0 Å². The first-order valence-electron chi connectivity index (χ1n) is 5.69. The zero-order valence-corrected chi connectivity index (χ0v) is 9.86. The minimum absolute atomic E-state index is 0.578. The highest BCUT2D eigenvalue weighted by molar-refractivity contribution is 5.97. The number of rotatable bonds is 2. The normalized spacial score (nSPS) is 15.5. The van der Waals surface area contributed by atoms with E-state index in [0.717, 1.165) is 31.5 Å². The summed E-state index contributed by atoms with van der Waals surface area (Å²) in [6.45, 7) is 0.848. The topological polar surface area (TPSA) is 60.1 Å². The highest BCUT2D eigenvalue weighted by Crippen LogP contribution is 2.31. The molecule has 1 N–H and O–H groups in total. The van der Waals surface area contributed by atoms with Crippen molar-refractivity contribution in [1.29, 1.82) is 10.7 Å². The van der Waals surface area contributed by atoms with Crippen LogP contribution in [0.15, 0.2) is 18.2 Å². The third-order valence-electron chi connectivity index (χ3n) is 2.97. The number of piperidine rings is 1. The standard InChI is InChI=1S/C13H15N3O/c1-17-12-8-10(9-14)5-6-11(12)16-7-3-2-4-13(16)15/h5-6,8,15H,2-4,7H2,1H3. The molecule has 1 aromatic rings. The lowest BCUT2D eigenvalue weighted by molar-refractivity contribution is 0.415. The molecule has 0 saturated carbocycles. The van der Waals surface area contributed by atoms with Gasteiger partial charge in [0.25, 0.3) is 0 Å². The molecule has 1 aliphatic heterocycles. The third kappa shape index (κ3) is 2.23. The van der Waals surface area contributed by atoms with Crippen molar-refractivity contribution in [1.82, 2.24) is 0 Å². The van der Waals surface area contributed by atoms with Gasteiger partial charge in [0.15, 0.2) is 0 Å². The molecule has 1 fully saturated rings. The maximum absolute atomic E-state index is 8.85. The Balaban J connectivity index is 2.37. The van der Waals surface area contributed by atoms with E-state index in [0.29, 0.717) is 17.1 Å². The van der Waals surface area contributed by atoms with Gasteiger partial charge in [-0.25, -0.2) is 0 Å². The summed E-state index contributed by atoms with van der Waals surface area (Å²) in [5.41, 5.74) is 1.46. The lowest BCUT2D eigenvalue weighted by Gasteiger charge is -2.30. The van der Waals surface area contributed by atoms with Crippen LogP contribution in [0.5, 0.6) is 5.75 Å². The van der Waals surface area contributed by atoms with Gasteiger partial charge >= 0.3 is 0 Å². The van der Waals surface area contributed by atoms with E-state index in [1.54, 1.807) is 19.2 Å². The molecular formula is C13H15N3O. The predicted octanol–water partition coefficient (Wildman–Crippen LogP) is 2.53. The summed E-state index contributed by atoms with van der Waals surface area (Å²) in [4.78, 5) is 1.96.